The number of rotatable bonds is 6. The second-order valence-corrected chi connectivity index (χ2v) is 8.50. The van der Waals surface area contributed by atoms with E-state index in [4.69, 9.17) is 14.0 Å². The summed E-state index contributed by atoms with van der Waals surface area (Å²) in [6, 6.07) is 7.81. The van der Waals surface area contributed by atoms with Gasteiger partial charge in [-0.15, -0.1) is 0 Å². The van der Waals surface area contributed by atoms with Gasteiger partial charge in [0.15, 0.2) is 0 Å². The third-order valence-corrected chi connectivity index (χ3v) is 5.05. The van der Waals surface area contributed by atoms with Crippen molar-refractivity contribution in [2.45, 2.75) is 66.1 Å². The number of hydrogen-bond acceptors (Lipinski definition) is 4. The van der Waals surface area contributed by atoms with Crippen LogP contribution in [0.2, 0.25) is 0 Å². The molecule has 1 aliphatic heterocycles. The largest absolute Gasteiger partial charge is 0.494 e. The fraction of sp³-hybridized carbons (Fsp3) is 0.650. The molecule has 1 aromatic rings. The third-order valence-electron chi connectivity index (χ3n) is 5.05. The molecule has 25 heavy (non-hydrogen) atoms. The molecule has 0 unspecified atom stereocenters. The first-order valence-corrected chi connectivity index (χ1v) is 9.08. The molecule has 0 spiro atoms. The minimum Gasteiger partial charge on any atom is -0.492 e. The van der Waals surface area contributed by atoms with Gasteiger partial charge in [-0.25, -0.2) is 0 Å². The van der Waals surface area contributed by atoms with E-state index in [-0.39, 0.29) is 0 Å². The van der Waals surface area contributed by atoms with E-state index in [1.807, 2.05) is 45.9 Å². The minimum absolute atomic E-state index is 0.397. The normalized spacial score (nSPS) is 19.7. The summed E-state index contributed by atoms with van der Waals surface area (Å²) in [6.45, 7) is 15.3. The summed E-state index contributed by atoms with van der Waals surface area (Å²) < 4.78 is 18.0. The molecule has 2 rings (SSSR count). The van der Waals surface area contributed by atoms with Crippen LogP contribution in [0.15, 0.2) is 18.2 Å². The van der Waals surface area contributed by atoms with Crippen LogP contribution in [0.4, 0.5) is 0 Å². The summed E-state index contributed by atoms with van der Waals surface area (Å²) in [5, 5.41) is 9.49. The Labute approximate surface area is 152 Å². The van der Waals surface area contributed by atoms with E-state index in [2.05, 4.69) is 26.8 Å². The Morgan fingerprint density at radius 1 is 1.12 bits per heavy atom. The molecule has 4 nitrogen and oxygen atoms in total. The highest BCUT2D eigenvalue weighted by Crippen LogP contribution is 2.36. The molecule has 0 bridgehead atoms. The fourth-order valence-corrected chi connectivity index (χ4v) is 2.99. The molecule has 0 aromatic heterocycles. The average molecular weight is 343 g/mol. The fourth-order valence-electron chi connectivity index (χ4n) is 2.99. The SMILES string of the molecule is CC(C)C[C@@H](C)COc1ccc(B2OC(C)(C)C(C)(C)O2)cc1C#N. The molecule has 0 saturated carbocycles. The van der Waals surface area contributed by atoms with Crippen molar-refractivity contribution in [2.75, 3.05) is 6.61 Å². The first-order valence-electron chi connectivity index (χ1n) is 9.08. The van der Waals surface area contributed by atoms with Crippen molar-refractivity contribution < 1.29 is 14.0 Å². The van der Waals surface area contributed by atoms with E-state index in [1.165, 1.54) is 0 Å². The number of nitrogens with zero attached hydrogens (tertiary/aromatic N) is 1. The molecule has 1 heterocycles. The van der Waals surface area contributed by atoms with Gasteiger partial charge in [0, 0.05) is 0 Å². The predicted molar refractivity (Wildman–Crippen MR) is 101 cm³/mol. The molecule has 1 fully saturated rings. The lowest BCUT2D eigenvalue weighted by atomic mass is 9.78. The highest BCUT2D eigenvalue weighted by atomic mass is 16.7. The first kappa shape index (κ1) is 19.8. The molecule has 1 saturated heterocycles. The summed E-state index contributed by atoms with van der Waals surface area (Å²) in [4.78, 5) is 0. The van der Waals surface area contributed by atoms with E-state index in [9.17, 15) is 5.26 Å². The molecule has 136 valence electrons. The van der Waals surface area contributed by atoms with E-state index in [1.54, 1.807) is 0 Å². The van der Waals surface area contributed by atoms with Gasteiger partial charge in [0.25, 0.3) is 0 Å². The van der Waals surface area contributed by atoms with E-state index < -0.39 is 18.3 Å². The van der Waals surface area contributed by atoms with E-state index in [0.29, 0.717) is 29.8 Å². The second-order valence-electron chi connectivity index (χ2n) is 8.50. The van der Waals surface area contributed by atoms with Crippen LogP contribution in [0.1, 0.15) is 60.5 Å². The van der Waals surface area contributed by atoms with Gasteiger partial charge in [-0.05, 0) is 63.5 Å². The van der Waals surface area contributed by atoms with Gasteiger partial charge in [0.1, 0.15) is 11.8 Å². The Morgan fingerprint density at radius 2 is 1.72 bits per heavy atom. The van der Waals surface area contributed by atoms with Gasteiger partial charge < -0.3 is 14.0 Å². The van der Waals surface area contributed by atoms with Crippen molar-refractivity contribution in [2.24, 2.45) is 11.8 Å². The maximum absolute atomic E-state index is 9.49. The molecule has 0 aliphatic carbocycles. The Balaban J connectivity index is 2.11. The Morgan fingerprint density at radius 3 is 2.24 bits per heavy atom. The van der Waals surface area contributed by atoms with Crippen LogP contribution < -0.4 is 10.2 Å². The Hall–Kier alpha value is -1.51. The van der Waals surface area contributed by atoms with Crippen LogP contribution >= 0.6 is 0 Å². The van der Waals surface area contributed by atoms with Gasteiger partial charge in [-0.1, -0.05) is 26.8 Å². The molecule has 0 N–H and O–H groups in total. The number of ether oxygens (including phenoxy) is 1. The lowest BCUT2D eigenvalue weighted by Gasteiger charge is -2.32. The van der Waals surface area contributed by atoms with Crippen molar-refractivity contribution in [1.29, 1.82) is 5.26 Å². The molecule has 0 radical (unpaired) electrons. The van der Waals surface area contributed by atoms with Gasteiger partial charge in [-0.3, -0.25) is 0 Å². The topological polar surface area (TPSA) is 51.5 Å². The molecule has 1 aliphatic rings. The zero-order chi connectivity index (χ0) is 18.8. The van der Waals surface area contributed by atoms with Crippen LogP contribution in [0.3, 0.4) is 0 Å². The highest BCUT2D eigenvalue weighted by Gasteiger charge is 2.51. The quantitative estimate of drug-likeness (QED) is 0.735. The monoisotopic (exact) mass is 343 g/mol. The third kappa shape index (κ3) is 4.57. The van der Waals surface area contributed by atoms with Crippen LogP contribution in [-0.4, -0.2) is 24.9 Å². The Kier molecular flexibility index (Phi) is 5.86. The predicted octanol–water partition coefficient (Wildman–Crippen LogP) is 3.92. The highest BCUT2D eigenvalue weighted by molar-refractivity contribution is 6.62. The minimum atomic E-state index is -0.467. The number of hydrogen-bond donors (Lipinski definition) is 0. The van der Waals surface area contributed by atoms with Crippen LogP contribution in [-0.2, 0) is 9.31 Å². The van der Waals surface area contributed by atoms with Crippen LogP contribution in [0, 0.1) is 23.2 Å². The van der Waals surface area contributed by atoms with Gasteiger partial charge in [0.2, 0.25) is 0 Å². The summed E-state index contributed by atoms with van der Waals surface area (Å²) in [7, 11) is -0.467. The summed E-state index contributed by atoms with van der Waals surface area (Å²) in [5.41, 5.74) is 0.569. The molecule has 1 aromatic carbocycles. The Bertz CT molecular complexity index is 633. The van der Waals surface area contributed by atoms with Gasteiger partial charge >= 0.3 is 7.12 Å². The first-order chi connectivity index (χ1) is 11.6. The van der Waals surface area contributed by atoms with Crippen LogP contribution in [0.5, 0.6) is 5.75 Å². The van der Waals surface area contributed by atoms with Crippen molar-refractivity contribution in [1.82, 2.24) is 0 Å². The van der Waals surface area contributed by atoms with Crippen molar-refractivity contribution >= 4 is 12.6 Å². The molecule has 1 atom stereocenters. The van der Waals surface area contributed by atoms with Crippen molar-refractivity contribution in [3.05, 3.63) is 23.8 Å². The van der Waals surface area contributed by atoms with Crippen molar-refractivity contribution in [3.8, 4) is 11.8 Å². The van der Waals surface area contributed by atoms with E-state index >= 15 is 0 Å². The maximum Gasteiger partial charge on any atom is 0.494 e. The molecular weight excluding hydrogens is 313 g/mol. The van der Waals surface area contributed by atoms with Crippen LogP contribution in [0.25, 0.3) is 0 Å². The standard InChI is InChI=1S/C20H30BNO3/c1-14(2)10-15(3)13-23-18-9-8-17(11-16(18)12-22)21-24-19(4,5)20(6,7)25-21/h8-9,11,14-15H,10,13H2,1-7H3/t15-/m1/s1. The smallest absolute Gasteiger partial charge is 0.492 e. The summed E-state index contributed by atoms with van der Waals surface area (Å²) in [5.74, 6) is 1.72. The van der Waals surface area contributed by atoms with Gasteiger partial charge in [-0.2, -0.15) is 5.26 Å². The van der Waals surface area contributed by atoms with Gasteiger partial charge in [0.05, 0.1) is 23.4 Å². The molecule has 5 heteroatoms. The van der Waals surface area contributed by atoms with E-state index in [0.717, 1.165) is 11.9 Å². The number of benzene rings is 1. The number of nitriles is 1. The lowest BCUT2D eigenvalue weighted by Crippen LogP contribution is -2.41. The second kappa shape index (κ2) is 7.39. The molecule has 0 amide bonds. The maximum atomic E-state index is 9.49. The summed E-state index contributed by atoms with van der Waals surface area (Å²) >= 11 is 0. The summed E-state index contributed by atoms with van der Waals surface area (Å²) in [6.07, 6.45) is 1.11. The average Bonchev–Trinajstić information content (AvgIpc) is 2.72. The molecular formula is C20H30BNO3. The van der Waals surface area contributed by atoms with Crippen molar-refractivity contribution in [3.63, 3.8) is 0 Å². The lowest BCUT2D eigenvalue weighted by molar-refractivity contribution is 0.00578. The zero-order valence-corrected chi connectivity index (χ0v) is 16.6. The zero-order valence-electron chi connectivity index (χ0n) is 16.6.